The summed E-state index contributed by atoms with van der Waals surface area (Å²) in [6.45, 7) is 6.48. The van der Waals surface area contributed by atoms with Crippen molar-refractivity contribution < 1.29 is 14.6 Å². The summed E-state index contributed by atoms with van der Waals surface area (Å²) in [6.07, 6.45) is 1.29. The number of rotatable bonds is 8. The summed E-state index contributed by atoms with van der Waals surface area (Å²) in [4.78, 5) is 0. The van der Waals surface area contributed by atoms with Crippen molar-refractivity contribution in [2.75, 3.05) is 26.4 Å². The molecule has 0 radical (unpaired) electrons. The molecule has 74 valence electrons. The first-order chi connectivity index (χ1) is 5.81. The molecule has 0 aliphatic carbocycles. The highest BCUT2D eigenvalue weighted by atomic mass is 16.5. The Bertz CT molecular complexity index is 75.8. The minimum absolute atomic E-state index is 0.372. The van der Waals surface area contributed by atoms with E-state index in [9.17, 15) is 5.11 Å². The Hall–Kier alpha value is -0.120. The number of hydrogen-bond acceptors (Lipinski definition) is 3. The van der Waals surface area contributed by atoms with Crippen molar-refractivity contribution in [2.24, 2.45) is 0 Å². The van der Waals surface area contributed by atoms with Crippen LogP contribution < -0.4 is 0 Å². The summed E-state index contributed by atoms with van der Waals surface area (Å²) in [5.41, 5.74) is 0. The average molecular weight is 176 g/mol. The molecule has 1 N–H and O–H groups in total. The zero-order valence-corrected chi connectivity index (χ0v) is 8.08. The summed E-state index contributed by atoms with van der Waals surface area (Å²) in [5.74, 6) is 0. The Labute approximate surface area is 74.7 Å². The molecule has 0 aromatic rings. The van der Waals surface area contributed by atoms with E-state index in [-0.39, 0.29) is 6.10 Å². The van der Waals surface area contributed by atoms with E-state index in [4.69, 9.17) is 9.47 Å². The van der Waals surface area contributed by atoms with Gasteiger partial charge in [0.05, 0.1) is 12.7 Å². The van der Waals surface area contributed by atoms with E-state index in [0.29, 0.717) is 26.2 Å². The maximum absolute atomic E-state index is 9.30. The van der Waals surface area contributed by atoms with Gasteiger partial charge >= 0.3 is 0 Å². The van der Waals surface area contributed by atoms with Crippen molar-refractivity contribution in [1.82, 2.24) is 0 Å². The summed E-state index contributed by atoms with van der Waals surface area (Å²) >= 11 is 0. The van der Waals surface area contributed by atoms with Crippen LogP contribution in [0.25, 0.3) is 0 Å². The number of hydrogen-bond donors (Lipinski definition) is 1. The normalized spacial score (nSPS) is 13.2. The molecule has 0 aromatic heterocycles. The third kappa shape index (κ3) is 7.98. The third-order valence-corrected chi connectivity index (χ3v) is 1.46. The van der Waals surface area contributed by atoms with Crippen molar-refractivity contribution in [3.05, 3.63) is 0 Å². The van der Waals surface area contributed by atoms with Gasteiger partial charge in [0.1, 0.15) is 0 Å². The van der Waals surface area contributed by atoms with E-state index in [1.807, 2.05) is 13.8 Å². The molecule has 3 nitrogen and oxygen atoms in total. The minimum atomic E-state index is -0.372. The second-order valence-electron chi connectivity index (χ2n) is 2.71. The third-order valence-electron chi connectivity index (χ3n) is 1.46. The Morgan fingerprint density at radius 1 is 1.17 bits per heavy atom. The van der Waals surface area contributed by atoms with E-state index >= 15 is 0 Å². The summed E-state index contributed by atoms with van der Waals surface area (Å²) in [7, 11) is 0. The molecule has 0 rings (SSSR count). The largest absolute Gasteiger partial charge is 0.391 e. The van der Waals surface area contributed by atoms with Crippen molar-refractivity contribution in [2.45, 2.75) is 32.8 Å². The monoisotopic (exact) mass is 176 g/mol. The van der Waals surface area contributed by atoms with Gasteiger partial charge in [-0.3, -0.25) is 0 Å². The second kappa shape index (κ2) is 8.97. The minimum Gasteiger partial charge on any atom is -0.391 e. The van der Waals surface area contributed by atoms with Gasteiger partial charge in [-0.2, -0.15) is 0 Å². The first-order valence-corrected chi connectivity index (χ1v) is 4.64. The van der Waals surface area contributed by atoms with Gasteiger partial charge < -0.3 is 14.6 Å². The van der Waals surface area contributed by atoms with Gasteiger partial charge in [0.2, 0.25) is 0 Å². The van der Waals surface area contributed by atoms with Gasteiger partial charge in [0.15, 0.2) is 0 Å². The van der Waals surface area contributed by atoms with Crippen LogP contribution >= 0.6 is 0 Å². The highest BCUT2D eigenvalue weighted by molar-refractivity contribution is 4.52. The highest BCUT2D eigenvalue weighted by Crippen LogP contribution is 1.94. The van der Waals surface area contributed by atoms with E-state index < -0.39 is 0 Å². The van der Waals surface area contributed by atoms with E-state index in [2.05, 4.69) is 0 Å². The van der Waals surface area contributed by atoms with E-state index in [0.717, 1.165) is 13.0 Å². The van der Waals surface area contributed by atoms with Crippen molar-refractivity contribution in [1.29, 1.82) is 0 Å². The summed E-state index contributed by atoms with van der Waals surface area (Å²) in [5, 5.41) is 9.30. The average Bonchev–Trinajstić information content (AvgIpc) is 2.06. The molecular formula is C9H20O3. The van der Waals surface area contributed by atoms with Gasteiger partial charge in [0.25, 0.3) is 0 Å². The van der Waals surface area contributed by atoms with Crippen molar-refractivity contribution in [3.8, 4) is 0 Å². The Morgan fingerprint density at radius 3 is 2.50 bits per heavy atom. The fraction of sp³-hybridized carbons (Fsp3) is 1.00. The smallest absolute Gasteiger partial charge is 0.0795 e. The number of aliphatic hydroxyl groups is 1. The van der Waals surface area contributed by atoms with Gasteiger partial charge in [-0.15, -0.1) is 0 Å². The lowest BCUT2D eigenvalue weighted by atomic mass is 10.3. The summed E-state index contributed by atoms with van der Waals surface area (Å²) < 4.78 is 10.3. The van der Waals surface area contributed by atoms with Crippen LogP contribution in [-0.4, -0.2) is 37.6 Å². The molecular weight excluding hydrogens is 156 g/mol. The Kier molecular flexibility index (Phi) is 8.88. The first kappa shape index (κ1) is 11.9. The molecule has 0 aromatic carbocycles. The predicted octanol–water partition coefficient (Wildman–Crippen LogP) is 1.20. The van der Waals surface area contributed by atoms with Crippen LogP contribution in [0, 0.1) is 0 Å². The number of ether oxygens (including phenoxy) is 2. The van der Waals surface area contributed by atoms with Gasteiger partial charge in [-0.25, -0.2) is 0 Å². The lowest BCUT2D eigenvalue weighted by Crippen LogP contribution is -2.17. The van der Waals surface area contributed by atoms with Crippen molar-refractivity contribution in [3.63, 3.8) is 0 Å². The summed E-state index contributed by atoms with van der Waals surface area (Å²) in [6, 6.07) is 0. The standard InChI is InChI=1S/C9H20O3/c1-3-6-12-8-9(10)5-7-11-4-2/h9-10H,3-8H2,1-2H3. The van der Waals surface area contributed by atoms with Crippen molar-refractivity contribution >= 4 is 0 Å². The quantitative estimate of drug-likeness (QED) is 0.565. The molecule has 0 aliphatic rings. The molecule has 0 fully saturated rings. The Morgan fingerprint density at radius 2 is 1.92 bits per heavy atom. The molecule has 0 amide bonds. The SMILES string of the molecule is CCCOCC(O)CCOCC. The number of aliphatic hydroxyl groups excluding tert-OH is 1. The molecule has 0 spiro atoms. The molecule has 12 heavy (non-hydrogen) atoms. The van der Waals surface area contributed by atoms with Crippen LogP contribution in [0.3, 0.4) is 0 Å². The second-order valence-corrected chi connectivity index (χ2v) is 2.71. The van der Waals surface area contributed by atoms with E-state index in [1.165, 1.54) is 0 Å². The molecule has 0 saturated heterocycles. The van der Waals surface area contributed by atoms with Gasteiger partial charge in [-0.05, 0) is 19.8 Å². The maximum atomic E-state index is 9.30. The molecule has 1 unspecified atom stereocenters. The zero-order chi connectivity index (χ0) is 9.23. The molecule has 0 aliphatic heterocycles. The fourth-order valence-corrected chi connectivity index (χ4v) is 0.811. The van der Waals surface area contributed by atoms with E-state index in [1.54, 1.807) is 0 Å². The molecule has 0 bridgehead atoms. The zero-order valence-electron chi connectivity index (χ0n) is 8.08. The van der Waals surface area contributed by atoms with Crippen LogP contribution in [0.2, 0.25) is 0 Å². The van der Waals surface area contributed by atoms with Crippen LogP contribution in [-0.2, 0) is 9.47 Å². The first-order valence-electron chi connectivity index (χ1n) is 4.64. The maximum Gasteiger partial charge on any atom is 0.0795 e. The molecule has 1 atom stereocenters. The molecule has 0 saturated carbocycles. The highest BCUT2D eigenvalue weighted by Gasteiger charge is 2.02. The van der Waals surface area contributed by atoms with Gasteiger partial charge in [-0.1, -0.05) is 6.92 Å². The lowest BCUT2D eigenvalue weighted by molar-refractivity contribution is 0.0152. The Balaban J connectivity index is 3.04. The van der Waals surface area contributed by atoms with Gasteiger partial charge in [0, 0.05) is 19.8 Å². The van der Waals surface area contributed by atoms with Crippen LogP contribution in [0.4, 0.5) is 0 Å². The lowest BCUT2D eigenvalue weighted by Gasteiger charge is -2.10. The molecule has 0 heterocycles. The predicted molar refractivity (Wildman–Crippen MR) is 48.2 cm³/mol. The van der Waals surface area contributed by atoms with Crippen LogP contribution in [0.1, 0.15) is 26.7 Å². The fourth-order valence-electron chi connectivity index (χ4n) is 0.811. The van der Waals surface area contributed by atoms with Crippen LogP contribution in [0.15, 0.2) is 0 Å². The molecule has 3 heteroatoms. The topological polar surface area (TPSA) is 38.7 Å². The van der Waals surface area contributed by atoms with Crippen LogP contribution in [0.5, 0.6) is 0 Å².